The van der Waals surface area contributed by atoms with E-state index < -0.39 is 0 Å². The van der Waals surface area contributed by atoms with E-state index in [1.54, 1.807) is 0 Å². The minimum atomic E-state index is -0.340. The van der Waals surface area contributed by atoms with E-state index in [1.165, 1.54) is 0 Å². The molecule has 0 saturated heterocycles. The van der Waals surface area contributed by atoms with Crippen LogP contribution in [0.3, 0.4) is 0 Å². The number of Topliss-reactive ketones (excluding diaryl/α,β-unsaturated/α-hetero) is 1. The van der Waals surface area contributed by atoms with Gasteiger partial charge in [-0.1, -0.05) is 20.8 Å². The molecule has 0 fully saturated rings. The Labute approximate surface area is 93.8 Å². The van der Waals surface area contributed by atoms with Crippen LogP contribution in [0.4, 0.5) is 0 Å². The first-order chi connectivity index (χ1) is 7.05. The molecule has 3 nitrogen and oxygen atoms in total. The first-order valence-electron chi connectivity index (χ1n) is 5.83. The number of rotatable bonds is 8. The van der Waals surface area contributed by atoms with Crippen LogP contribution in [0.25, 0.3) is 0 Å². The van der Waals surface area contributed by atoms with Crippen LogP contribution in [0.1, 0.15) is 40.0 Å². The smallest absolute Gasteiger partial charge is 0.178 e. The summed E-state index contributed by atoms with van der Waals surface area (Å²) < 4.78 is 5.33. The maximum Gasteiger partial charge on any atom is 0.178 e. The van der Waals surface area contributed by atoms with Crippen LogP contribution in [0.15, 0.2) is 0 Å². The third kappa shape index (κ3) is 3.58. The Bertz CT molecular complexity index is 186. The fraction of sp³-hybridized carbons (Fsp3) is 0.917. The van der Waals surface area contributed by atoms with Crippen LogP contribution >= 0.6 is 0 Å². The largest absolute Gasteiger partial charge is 0.374 e. The van der Waals surface area contributed by atoms with Crippen LogP contribution in [-0.2, 0) is 9.53 Å². The van der Waals surface area contributed by atoms with Crippen molar-refractivity contribution in [3.05, 3.63) is 0 Å². The van der Waals surface area contributed by atoms with Crippen molar-refractivity contribution in [2.75, 3.05) is 27.3 Å². The number of ether oxygens (including phenoxy) is 1. The van der Waals surface area contributed by atoms with Crippen molar-refractivity contribution >= 4 is 5.78 Å². The van der Waals surface area contributed by atoms with Crippen LogP contribution < -0.4 is 0 Å². The number of carbonyl (C=O) groups excluding carboxylic acids is 1. The average Bonchev–Trinajstić information content (AvgIpc) is 2.20. The van der Waals surface area contributed by atoms with E-state index in [9.17, 15) is 4.79 Å². The van der Waals surface area contributed by atoms with Gasteiger partial charge in [0, 0.05) is 6.61 Å². The Balaban J connectivity index is 4.41. The van der Waals surface area contributed by atoms with E-state index in [1.807, 2.05) is 25.9 Å². The zero-order valence-electron chi connectivity index (χ0n) is 10.8. The molecule has 0 aromatic rings. The molecule has 0 N–H and O–H groups in total. The van der Waals surface area contributed by atoms with Gasteiger partial charge in [0.25, 0.3) is 0 Å². The zero-order valence-corrected chi connectivity index (χ0v) is 10.8. The molecule has 0 amide bonds. The lowest BCUT2D eigenvalue weighted by molar-refractivity contribution is -0.135. The fourth-order valence-electron chi connectivity index (χ4n) is 1.97. The van der Waals surface area contributed by atoms with Crippen molar-refractivity contribution in [1.29, 1.82) is 0 Å². The SMILES string of the molecule is CCCOCC(=O)C(CC)(CC)N(C)C. The lowest BCUT2D eigenvalue weighted by Crippen LogP contribution is -2.51. The van der Waals surface area contributed by atoms with Gasteiger partial charge in [-0.25, -0.2) is 0 Å². The van der Waals surface area contributed by atoms with E-state index in [-0.39, 0.29) is 17.9 Å². The Morgan fingerprint density at radius 2 is 1.73 bits per heavy atom. The Morgan fingerprint density at radius 3 is 2.07 bits per heavy atom. The number of carbonyl (C=O) groups is 1. The van der Waals surface area contributed by atoms with Crippen molar-refractivity contribution in [2.45, 2.75) is 45.6 Å². The van der Waals surface area contributed by atoms with Crippen molar-refractivity contribution in [3.63, 3.8) is 0 Å². The molecule has 0 aliphatic rings. The summed E-state index contributed by atoms with van der Waals surface area (Å²) in [6, 6.07) is 0. The van der Waals surface area contributed by atoms with Crippen molar-refractivity contribution < 1.29 is 9.53 Å². The highest BCUT2D eigenvalue weighted by Gasteiger charge is 2.36. The van der Waals surface area contributed by atoms with Gasteiger partial charge in [0.05, 0.1) is 5.54 Å². The first kappa shape index (κ1) is 14.6. The van der Waals surface area contributed by atoms with Crippen molar-refractivity contribution in [2.24, 2.45) is 0 Å². The van der Waals surface area contributed by atoms with Crippen molar-refractivity contribution in [1.82, 2.24) is 4.90 Å². The second-order valence-electron chi connectivity index (χ2n) is 4.11. The van der Waals surface area contributed by atoms with Crippen LogP contribution in [0.2, 0.25) is 0 Å². The van der Waals surface area contributed by atoms with Gasteiger partial charge in [-0.05, 0) is 33.4 Å². The highest BCUT2D eigenvalue weighted by Crippen LogP contribution is 2.22. The molecule has 0 saturated carbocycles. The molecule has 0 unspecified atom stereocenters. The fourth-order valence-corrected chi connectivity index (χ4v) is 1.97. The molecule has 0 heterocycles. The predicted molar refractivity (Wildman–Crippen MR) is 63.1 cm³/mol. The van der Waals surface area contributed by atoms with Gasteiger partial charge in [-0.2, -0.15) is 0 Å². The summed E-state index contributed by atoms with van der Waals surface area (Å²) >= 11 is 0. The minimum Gasteiger partial charge on any atom is -0.374 e. The predicted octanol–water partition coefficient (Wildman–Crippen LogP) is 2.10. The molecular weight excluding hydrogens is 190 g/mol. The molecule has 0 aromatic heterocycles. The van der Waals surface area contributed by atoms with Crippen molar-refractivity contribution in [3.8, 4) is 0 Å². The van der Waals surface area contributed by atoms with Gasteiger partial charge in [0.15, 0.2) is 5.78 Å². The number of nitrogens with zero attached hydrogens (tertiary/aromatic N) is 1. The highest BCUT2D eigenvalue weighted by atomic mass is 16.5. The molecule has 3 heteroatoms. The molecule has 0 aromatic carbocycles. The third-order valence-corrected chi connectivity index (χ3v) is 3.13. The molecule has 0 spiro atoms. The molecular formula is C12H25NO2. The van der Waals surface area contributed by atoms with Gasteiger partial charge in [-0.15, -0.1) is 0 Å². The molecule has 0 bridgehead atoms. The van der Waals surface area contributed by atoms with E-state index >= 15 is 0 Å². The van der Waals surface area contributed by atoms with E-state index in [0.717, 1.165) is 19.3 Å². The highest BCUT2D eigenvalue weighted by molar-refractivity contribution is 5.89. The van der Waals surface area contributed by atoms with Gasteiger partial charge in [0.1, 0.15) is 6.61 Å². The summed E-state index contributed by atoms with van der Waals surface area (Å²) in [5.74, 6) is 0.200. The monoisotopic (exact) mass is 215 g/mol. The van der Waals surface area contributed by atoms with Gasteiger partial charge in [-0.3, -0.25) is 9.69 Å². The van der Waals surface area contributed by atoms with Crippen LogP contribution in [0.5, 0.6) is 0 Å². The van der Waals surface area contributed by atoms with Gasteiger partial charge >= 0.3 is 0 Å². The van der Waals surface area contributed by atoms with Crippen LogP contribution in [0, 0.1) is 0 Å². The average molecular weight is 215 g/mol. The minimum absolute atomic E-state index is 0.200. The molecule has 0 rings (SSSR count). The summed E-state index contributed by atoms with van der Waals surface area (Å²) in [5.41, 5.74) is -0.340. The van der Waals surface area contributed by atoms with Gasteiger partial charge < -0.3 is 4.74 Å². The molecule has 0 aliphatic carbocycles. The normalized spacial score (nSPS) is 12.1. The molecule has 0 atom stereocenters. The number of hydrogen-bond donors (Lipinski definition) is 0. The lowest BCUT2D eigenvalue weighted by atomic mass is 9.87. The Kier molecular flexibility index (Phi) is 6.77. The summed E-state index contributed by atoms with van der Waals surface area (Å²) in [6.45, 7) is 7.07. The lowest BCUT2D eigenvalue weighted by Gasteiger charge is -2.36. The molecule has 0 aliphatic heterocycles. The summed E-state index contributed by atoms with van der Waals surface area (Å²) in [4.78, 5) is 14.1. The number of likely N-dealkylation sites (N-methyl/N-ethyl adjacent to an activating group) is 1. The second kappa shape index (κ2) is 6.96. The summed E-state index contributed by atoms with van der Waals surface area (Å²) in [6.07, 6.45) is 2.64. The molecule has 15 heavy (non-hydrogen) atoms. The quantitative estimate of drug-likeness (QED) is 0.581. The van der Waals surface area contributed by atoms with E-state index in [0.29, 0.717) is 6.61 Å². The van der Waals surface area contributed by atoms with E-state index in [4.69, 9.17) is 4.74 Å². The Morgan fingerprint density at radius 1 is 1.20 bits per heavy atom. The Hall–Kier alpha value is -0.410. The summed E-state index contributed by atoms with van der Waals surface area (Å²) in [7, 11) is 3.93. The van der Waals surface area contributed by atoms with E-state index in [2.05, 4.69) is 13.8 Å². The number of hydrogen-bond acceptors (Lipinski definition) is 3. The molecule has 90 valence electrons. The van der Waals surface area contributed by atoms with Gasteiger partial charge in [0.2, 0.25) is 0 Å². The van der Waals surface area contributed by atoms with Crippen LogP contribution in [-0.4, -0.2) is 43.5 Å². The first-order valence-corrected chi connectivity index (χ1v) is 5.83. The number of ketones is 1. The maximum atomic E-state index is 12.1. The topological polar surface area (TPSA) is 29.5 Å². The zero-order chi connectivity index (χ0) is 11.9. The summed E-state index contributed by atoms with van der Waals surface area (Å²) in [5, 5.41) is 0. The third-order valence-electron chi connectivity index (χ3n) is 3.13. The maximum absolute atomic E-state index is 12.1. The molecule has 0 radical (unpaired) electrons. The second-order valence-corrected chi connectivity index (χ2v) is 4.11. The standard InChI is InChI=1S/C12H25NO2/c1-6-9-15-10-11(14)12(7-2,8-3)13(4)5/h6-10H2,1-5H3.